The van der Waals surface area contributed by atoms with Crippen LogP contribution in [-0.2, 0) is 6.61 Å². The number of benzene rings is 2. The highest BCUT2D eigenvalue weighted by molar-refractivity contribution is 5.85. The fraction of sp³-hybridized carbons (Fsp3) is 0.0667. The van der Waals surface area contributed by atoms with Gasteiger partial charge in [0.25, 0.3) is 0 Å². The van der Waals surface area contributed by atoms with Crippen LogP contribution in [0.5, 0.6) is 5.75 Å². The second-order valence-corrected chi connectivity index (χ2v) is 3.91. The molecule has 2 nitrogen and oxygen atoms in total. The molecule has 0 saturated heterocycles. The molecule has 0 bridgehead atoms. The van der Waals surface area contributed by atoms with Crippen LogP contribution < -0.4 is 4.74 Å². The van der Waals surface area contributed by atoms with Crippen LogP contribution in [0.1, 0.15) is 5.56 Å². The molecular weight excluding hydrogens is 210 g/mol. The van der Waals surface area contributed by atoms with Gasteiger partial charge in [-0.05, 0) is 23.8 Å². The molecule has 0 aliphatic carbocycles. The summed E-state index contributed by atoms with van der Waals surface area (Å²) in [5, 5.41) is 1.07. The van der Waals surface area contributed by atoms with E-state index in [1.807, 2.05) is 42.5 Å². The molecule has 1 heterocycles. The second-order valence-electron chi connectivity index (χ2n) is 3.91. The van der Waals surface area contributed by atoms with E-state index in [4.69, 9.17) is 4.74 Å². The highest BCUT2D eigenvalue weighted by Gasteiger charge is 2.02. The van der Waals surface area contributed by atoms with Gasteiger partial charge in [-0.25, -0.2) is 0 Å². The molecule has 2 heteroatoms. The summed E-state index contributed by atoms with van der Waals surface area (Å²) in [6.45, 7) is 0.588. The first-order valence-corrected chi connectivity index (χ1v) is 5.58. The standard InChI is InChI=1S/C15H12NO/c1-2-5-12(6-3-1)11-17-15-8-4-7-14-13(15)9-10-16-14/h1-9,16H,11H2. The molecule has 83 valence electrons. The Labute approximate surface area is 99.9 Å². The van der Waals surface area contributed by atoms with Crippen LogP contribution in [0.3, 0.4) is 0 Å². The number of ether oxygens (including phenoxy) is 1. The molecule has 0 amide bonds. The van der Waals surface area contributed by atoms with Crippen molar-refractivity contribution in [2.24, 2.45) is 0 Å². The summed E-state index contributed by atoms with van der Waals surface area (Å²) in [5.41, 5.74) is 2.22. The molecule has 17 heavy (non-hydrogen) atoms. The molecule has 0 saturated carbocycles. The lowest BCUT2D eigenvalue weighted by molar-refractivity contribution is 0.310. The molecule has 0 atom stereocenters. The topological polar surface area (TPSA) is 25.0 Å². The number of fused-ring (bicyclic) bond motifs is 1. The molecule has 0 aliphatic rings. The van der Waals surface area contributed by atoms with Crippen molar-refractivity contribution in [3.05, 3.63) is 66.4 Å². The molecule has 0 spiro atoms. The molecule has 0 fully saturated rings. The van der Waals surface area contributed by atoms with Crippen LogP contribution in [-0.4, -0.2) is 4.98 Å². The van der Waals surface area contributed by atoms with E-state index in [0.717, 1.165) is 16.7 Å². The molecule has 1 radical (unpaired) electrons. The quantitative estimate of drug-likeness (QED) is 0.720. The van der Waals surface area contributed by atoms with Gasteiger partial charge < -0.3 is 9.72 Å². The average Bonchev–Trinajstić information content (AvgIpc) is 2.86. The van der Waals surface area contributed by atoms with Crippen LogP contribution in [0.4, 0.5) is 0 Å². The van der Waals surface area contributed by atoms with Gasteiger partial charge in [0.05, 0.1) is 6.20 Å². The van der Waals surface area contributed by atoms with Gasteiger partial charge in [-0.3, -0.25) is 0 Å². The van der Waals surface area contributed by atoms with Crippen molar-refractivity contribution in [3.63, 3.8) is 0 Å². The Morgan fingerprint density at radius 2 is 1.88 bits per heavy atom. The Kier molecular flexibility index (Phi) is 2.54. The summed E-state index contributed by atoms with van der Waals surface area (Å²) in [7, 11) is 0. The zero-order valence-corrected chi connectivity index (χ0v) is 9.31. The van der Waals surface area contributed by atoms with E-state index < -0.39 is 0 Å². The number of rotatable bonds is 3. The maximum atomic E-state index is 5.82. The largest absolute Gasteiger partial charge is 0.488 e. The third kappa shape index (κ3) is 2.02. The van der Waals surface area contributed by atoms with Gasteiger partial charge in [-0.15, -0.1) is 0 Å². The first-order valence-electron chi connectivity index (χ1n) is 5.58. The molecular formula is C15H12NO. The summed E-state index contributed by atoms with van der Waals surface area (Å²) in [5.74, 6) is 0.892. The van der Waals surface area contributed by atoms with Gasteiger partial charge >= 0.3 is 0 Å². The van der Waals surface area contributed by atoms with Gasteiger partial charge in [0.1, 0.15) is 12.4 Å². The van der Waals surface area contributed by atoms with Crippen LogP contribution >= 0.6 is 0 Å². The monoisotopic (exact) mass is 222 g/mol. The van der Waals surface area contributed by atoms with Crippen LogP contribution in [0.2, 0.25) is 0 Å². The zero-order valence-electron chi connectivity index (χ0n) is 9.31. The minimum Gasteiger partial charge on any atom is -0.488 e. The predicted molar refractivity (Wildman–Crippen MR) is 67.9 cm³/mol. The lowest BCUT2D eigenvalue weighted by atomic mass is 10.2. The predicted octanol–water partition coefficient (Wildman–Crippen LogP) is 3.55. The molecule has 1 aromatic heterocycles. The fourth-order valence-corrected chi connectivity index (χ4v) is 1.85. The Hall–Kier alpha value is -2.22. The van der Waals surface area contributed by atoms with Crippen molar-refractivity contribution < 1.29 is 4.74 Å². The lowest BCUT2D eigenvalue weighted by Gasteiger charge is -2.07. The van der Waals surface area contributed by atoms with Crippen molar-refractivity contribution in [1.82, 2.24) is 4.98 Å². The Morgan fingerprint density at radius 1 is 1.00 bits per heavy atom. The number of H-pyrrole nitrogens is 1. The fourth-order valence-electron chi connectivity index (χ4n) is 1.85. The van der Waals surface area contributed by atoms with E-state index in [9.17, 15) is 0 Å². The molecule has 1 N–H and O–H groups in total. The Bertz CT molecular complexity index is 613. The van der Waals surface area contributed by atoms with Crippen LogP contribution in [0.15, 0.2) is 54.6 Å². The number of aromatic amines is 1. The lowest BCUT2D eigenvalue weighted by Crippen LogP contribution is -1.94. The van der Waals surface area contributed by atoms with Crippen molar-refractivity contribution in [2.45, 2.75) is 6.61 Å². The third-order valence-electron chi connectivity index (χ3n) is 2.73. The zero-order chi connectivity index (χ0) is 11.5. The van der Waals surface area contributed by atoms with Crippen LogP contribution in [0, 0.1) is 6.20 Å². The van der Waals surface area contributed by atoms with Gasteiger partial charge in [0.15, 0.2) is 0 Å². The first kappa shape index (κ1) is 9.97. The summed E-state index contributed by atoms with van der Waals surface area (Å²) < 4.78 is 5.82. The van der Waals surface area contributed by atoms with Crippen molar-refractivity contribution in [3.8, 4) is 5.75 Å². The SMILES string of the molecule is [c]1cc2c(OCc3ccccc3)cccc2[nH]1. The summed E-state index contributed by atoms with van der Waals surface area (Å²) in [6.07, 6.45) is 2.97. The highest BCUT2D eigenvalue weighted by Crippen LogP contribution is 2.24. The summed E-state index contributed by atoms with van der Waals surface area (Å²) in [6, 6.07) is 18.0. The second kappa shape index (κ2) is 4.34. The summed E-state index contributed by atoms with van der Waals surface area (Å²) in [4.78, 5) is 3.05. The van der Waals surface area contributed by atoms with Crippen molar-refractivity contribution >= 4 is 10.9 Å². The summed E-state index contributed by atoms with van der Waals surface area (Å²) >= 11 is 0. The van der Waals surface area contributed by atoms with Gasteiger partial charge in [0.2, 0.25) is 0 Å². The van der Waals surface area contributed by atoms with E-state index in [-0.39, 0.29) is 0 Å². The van der Waals surface area contributed by atoms with Crippen molar-refractivity contribution in [2.75, 3.05) is 0 Å². The molecule has 2 aromatic carbocycles. The Balaban J connectivity index is 1.84. The number of hydrogen-bond acceptors (Lipinski definition) is 1. The Morgan fingerprint density at radius 3 is 2.76 bits per heavy atom. The number of hydrogen-bond donors (Lipinski definition) is 1. The van der Waals surface area contributed by atoms with E-state index >= 15 is 0 Å². The van der Waals surface area contributed by atoms with Crippen LogP contribution in [0.25, 0.3) is 10.9 Å². The third-order valence-corrected chi connectivity index (χ3v) is 2.73. The van der Waals surface area contributed by atoms with Gasteiger partial charge in [0, 0.05) is 10.9 Å². The maximum Gasteiger partial charge on any atom is 0.129 e. The average molecular weight is 222 g/mol. The minimum absolute atomic E-state index is 0.588. The maximum absolute atomic E-state index is 5.82. The molecule has 0 unspecified atom stereocenters. The molecule has 0 aliphatic heterocycles. The first-order chi connectivity index (χ1) is 8.43. The van der Waals surface area contributed by atoms with Gasteiger partial charge in [-0.1, -0.05) is 36.4 Å². The van der Waals surface area contributed by atoms with E-state index in [0.29, 0.717) is 6.61 Å². The van der Waals surface area contributed by atoms with E-state index in [1.165, 1.54) is 5.56 Å². The number of nitrogens with one attached hydrogen (secondary N) is 1. The normalized spacial score (nSPS) is 10.6. The van der Waals surface area contributed by atoms with Gasteiger partial charge in [-0.2, -0.15) is 0 Å². The van der Waals surface area contributed by atoms with E-state index in [2.05, 4.69) is 23.3 Å². The number of aromatic nitrogens is 1. The molecule has 3 aromatic rings. The van der Waals surface area contributed by atoms with Crippen molar-refractivity contribution in [1.29, 1.82) is 0 Å². The highest BCUT2D eigenvalue weighted by atomic mass is 16.5. The minimum atomic E-state index is 0.588. The van der Waals surface area contributed by atoms with E-state index in [1.54, 1.807) is 0 Å². The molecule has 3 rings (SSSR count). The smallest absolute Gasteiger partial charge is 0.129 e.